The number of hydrogen-bond acceptors (Lipinski definition) is 2. The lowest BCUT2D eigenvalue weighted by molar-refractivity contribution is 0.154. The Morgan fingerprint density at radius 3 is 2.13 bits per heavy atom. The van der Waals surface area contributed by atoms with Crippen LogP contribution in [0.3, 0.4) is 0 Å². The first kappa shape index (κ1) is 12.2. The first-order chi connectivity index (χ1) is 6.99. The molecule has 15 heavy (non-hydrogen) atoms. The monoisotopic (exact) mass is 207 g/mol. The van der Waals surface area contributed by atoms with Crippen LogP contribution >= 0.6 is 0 Å². The number of aliphatic hydroxyl groups excluding tert-OH is 1. The Balaban J connectivity index is 2.68. The average Bonchev–Trinajstić information content (AvgIpc) is 2.12. The summed E-state index contributed by atoms with van der Waals surface area (Å²) in [7, 11) is 4.04. The SMILES string of the molecule is Cc1cc(C)cc(C(O)CCN(C)C)c1. The van der Waals surface area contributed by atoms with Gasteiger partial charge in [0.1, 0.15) is 0 Å². The summed E-state index contributed by atoms with van der Waals surface area (Å²) in [5.74, 6) is 0. The maximum absolute atomic E-state index is 9.99. The largest absolute Gasteiger partial charge is 0.388 e. The fourth-order valence-electron chi connectivity index (χ4n) is 1.75. The lowest BCUT2D eigenvalue weighted by Gasteiger charge is -2.15. The third-order valence-electron chi connectivity index (χ3n) is 2.48. The van der Waals surface area contributed by atoms with E-state index in [0.29, 0.717) is 0 Å². The summed E-state index contributed by atoms with van der Waals surface area (Å²) in [4.78, 5) is 2.09. The summed E-state index contributed by atoms with van der Waals surface area (Å²) in [5, 5.41) is 9.99. The summed E-state index contributed by atoms with van der Waals surface area (Å²) in [5.41, 5.74) is 3.47. The minimum absolute atomic E-state index is 0.342. The van der Waals surface area contributed by atoms with Gasteiger partial charge in [0.2, 0.25) is 0 Å². The van der Waals surface area contributed by atoms with E-state index in [2.05, 4.69) is 36.9 Å². The van der Waals surface area contributed by atoms with E-state index in [1.54, 1.807) is 0 Å². The fraction of sp³-hybridized carbons (Fsp3) is 0.538. The molecule has 0 radical (unpaired) electrons. The summed E-state index contributed by atoms with van der Waals surface area (Å²) in [6.45, 7) is 5.04. The van der Waals surface area contributed by atoms with Crippen LogP contribution in [0.25, 0.3) is 0 Å². The van der Waals surface area contributed by atoms with Crippen LogP contribution in [0.4, 0.5) is 0 Å². The number of aliphatic hydroxyl groups is 1. The van der Waals surface area contributed by atoms with Crippen LogP contribution in [0.2, 0.25) is 0 Å². The predicted molar refractivity (Wildman–Crippen MR) is 64.0 cm³/mol. The number of benzene rings is 1. The topological polar surface area (TPSA) is 23.5 Å². The molecular weight excluding hydrogens is 186 g/mol. The van der Waals surface area contributed by atoms with Crippen LogP contribution in [-0.2, 0) is 0 Å². The van der Waals surface area contributed by atoms with E-state index < -0.39 is 0 Å². The van der Waals surface area contributed by atoms with E-state index >= 15 is 0 Å². The van der Waals surface area contributed by atoms with Gasteiger partial charge in [0.15, 0.2) is 0 Å². The third kappa shape index (κ3) is 4.02. The Hall–Kier alpha value is -0.860. The zero-order valence-corrected chi connectivity index (χ0v) is 10.1. The van der Waals surface area contributed by atoms with Gasteiger partial charge in [-0.05, 0) is 39.9 Å². The van der Waals surface area contributed by atoms with Crippen molar-refractivity contribution in [1.29, 1.82) is 0 Å². The lowest BCUT2D eigenvalue weighted by atomic mass is 10.0. The summed E-state index contributed by atoms with van der Waals surface area (Å²) in [6.07, 6.45) is 0.446. The molecule has 2 nitrogen and oxygen atoms in total. The molecule has 1 unspecified atom stereocenters. The average molecular weight is 207 g/mol. The minimum Gasteiger partial charge on any atom is -0.388 e. The van der Waals surface area contributed by atoms with Crippen molar-refractivity contribution in [3.8, 4) is 0 Å². The van der Waals surface area contributed by atoms with Gasteiger partial charge in [0.25, 0.3) is 0 Å². The highest BCUT2D eigenvalue weighted by Crippen LogP contribution is 2.19. The molecule has 1 aromatic carbocycles. The quantitative estimate of drug-likeness (QED) is 0.819. The van der Waals surface area contributed by atoms with E-state index in [1.807, 2.05) is 14.1 Å². The molecule has 1 atom stereocenters. The first-order valence-electron chi connectivity index (χ1n) is 5.40. The molecule has 0 aliphatic heterocycles. The molecule has 0 fully saturated rings. The van der Waals surface area contributed by atoms with Crippen LogP contribution < -0.4 is 0 Å². The van der Waals surface area contributed by atoms with Gasteiger partial charge in [0, 0.05) is 6.54 Å². The van der Waals surface area contributed by atoms with Crippen molar-refractivity contribution in [3.05, 3.63) is 34.9 Å². The van der Waals surface area contributed by atoms with Crippen LogP contribution in [0.1, 0.15) is 29.2 Å². The second-order valence-corrected chi connectivity index (χ2v) is 4.53. The molecule has 1 aromatic rings. The van der Waals surface area contributed by atoms with Gasteiger partial charge < -0.3 is 10.0 Å². The van der Waals surface area contributed by atoms with Crippen molar-refractivity contribution in [3.63, 3.8) is 0 Å². The molecule has 0 aromatic heterocycles. The molecular formula is C13H21NO. The van der Waals surface area contributed by atoms with Crippen molar-refractivity contribution >= 4 is 0 Å². The smallest absolute Gasteiger partial charge is 0.0802 e. The minimum atomic E-state index is -0.342. The molecule has 0 bridgehead atoms. The Kier molecular flexibility index (Phi) is 4.30. The molecule has 0 saturated carbocycles. The molecule has 84 valence electrons. The zero-order valence-electron chi connectivity index (χ0n) is 10.1. The van der Waals surface area contributed by atoms with E-state index in [-0.39, 0.29) is 6.10 Å². The summed E-state index contributed by atoms with van der Waals surface area (Å²) in [6, 6.07) is 6.25. The molecule has 0 amide bonds. The number of aryl methyl sites for hydroxylation is 2. The standard InChI is InChI=1S/C13H21NO/c1-10-7-11(2)9-12(8-10)13(15)5-6-14(3)4/h7-9,13,15H,5-6H2,1-4H3. The van der Waals surface area contributed by atoms with Crippen molar-refractivity contribution in [2.75, 3.05) is 20.6 Å². The predicted octanol–water partition coefficient (Wildman–Crippen LogP) is 2.29. The van der Waals surface area contributed by atoms with Gasteiger partial charge in [-0.1, -0.05) is 29.3 Å². The van der Waals surface area contributed by atoms with E-state index in [0.717, 1.165) is 18.5 Å². The molecule has 0 spiro atoms. The van der Waals surface area contributed by atoms with Crippen molar-refractivity contribution in [2.45, 2.75) is 26.4 Å². The van der Waals surface area contributed by atoms with Gasteiger partial charge in [-0.25, -0.2) is 0 Å². The lowest BCUT2D eigenvalue weighted by Crippen LogP contribution is -2.15. The molecule has 1 rings (SSSR count). The third-order valence-corrected chi connectivity index (χ3v) is 2.48. The summed E-state index contributed by atoms with van der Waals surface area (Å²) < 4.78 is 0. The molecule has 0 aliphatic rings. The molecule has 0 heterocycles. The summed E-state index contributed by atoms with van der Waals surface area (Å²) >= 11 is 0. The first-order valence-corrected chi connectivity index (χ1v) is 5.40. The zero-order chi connectivity index (χ0) is 11.4. The molecule has 0 aliphatic carbocycles. The second kappa shape index (κ2) is 5.29. The normalized spacial score (nSPS) is 13.2. The van der Waals surface area contributed by atoms with Gasteiger partial charge in [-0.3, -0.25) is 0 Å². The van der Waals surface area contributed by atoms with Gasteiger partial charge in [-0.2, -0.15) is 0 Å². The van der Waals surface area contributed by atoms with Gasteiger partial charge in [-0.15, -0.1) is 0 Å². The Labute approximate surface area is 92.5 Å². The van der Waals surface area contributed by atoms with E-state index in [4.69, 9.17) is 0 Å². The Bertz CT molecular complexity index is 300. The highest BCUT2D eigenvalue weighted by molar-refractivity contribution is 5.29. The van der Waals surface area contributed by atoms with Crippen LogP contribution in [0.15, 0.2) is 18.2 Å². The molecule has 1 N–H and O–H groups in total. The van der Waals surface area contributed by atoms with Gasteiger partial charge in [0.05, 0.1) is 6.10 Å². The number of nitrogens with zero attached hydrogens (tertiary/aromatic N) is 1. The molecule has 2 heteroatoms. The highest BCUT2D eigenvalue weighted by atomic mass is 16.3. The number of rotatable bonds is 4. The highest BCUT2D eigenvalue weighted by Gasteiger charge is 2.08. The Morgan fingerprint density at radius 1 is 1.13 bits per heavy atom. The fourth-order valence-corrected chi connectivity index (χ4v) is 1.75. The van der Waals surface area contributed by atoms with Crippen LogP contribution in [0.5, 0.6) is 0 Å². The van der Waals surface area contributed by atoms with Crippen molar-refractivity contribution in [2.24, 2.45) is 0 Å². The second-order valence-electron chi connectivity index (χ2n) is 4.53. The van der Waals surface area contributed by atoms with Crippen LogP contribution in [-0.4, -0.2) is 30.6 Å². The van der Waals surface area contributed by atoms with Crippen molar-refractivity contribution < 1.29 is 5.11 Å². The van der Waals surface area contributed by atoms with Gasteiger partial charge >= 0.3 is 0 Å². The van der Waals surface area contributed by atoms with E-state index in [9.17, 15) is 5.11 Å². The number of hydrogen-bond donors (Lipinski definition) is 1. The van der Waals surface area contributed by atoms with Crippen LogP contribution in [0, 0.1) is 13.8 Å². The molecule has 0 saturated heterocycles. The van der Waals surface area contributed by atoms with Crippen molar-refractivity contribution in [1.82, 2.24) is 4.90 Å². The van der Waals surface area contributed by atoms with E-state index in [1.165, 1.54) is 11.1 Å². The maximum atomic E-state index is 9.99. The Morgan fingerprint density at radius 2 is 1.67 bits per heavy atom. The maximum Gasteiger partial charge on any atom is 0.0802 e.